The van der Waals surface area contributed by atoms with Gasteiger partial charge in [0.2, 0.25) is 5.60 Å². The van der Waals surface area contributed by atoms with Crippen molar-refractivity contribution in [3.05, 3.63) is 83.4 Å². The van der Waals surface area contributed by atoms with E-state index < -0.39 is 11.2 Å². The summed E-state index contributed by atoms with van der Waals surface area (Å²) in [4.78, 5) is 14.2. The zero-order valence-electron chi connectivity index (χ0n) is 20.2. The summed E-state index contributed by atoms with van der Waals surface area (Å²) in [5, 5.41) is 0. The van der Waals surface area contributed by atoms with Gasteiger partial charge in [0.25, 0.3) is 0 Å². The Bertz CT molecular complexity index is 1230. The number of benzene rings is 3. The van der Waals surface area contributed by atoms with Crippen LogP contribution in [-0.4, -0.2) is 39.3 Å². The third-order valence-corrected chi connectivity index (χ3v) is 7.38. The van der Waals surface area contributed by atoms with Gasteiger partial charge in [-0.2, -0.15) is 0 Å². The molecular formula is C28H28O6S. The monoisotopic (exact) mass is 492 g/mol. The van der Waals surface area contributed by atoms with Crippen LogP contribution in [0.2, 0.25) is 0 Å². The van der Waals surface area contributed by atoms with Gasteiger partial charge < -0.3 is 23.7 Å². The third-order valence-electron chi connectivity index (χ3n) is 7.03. The molecule has 1 aliphatic carbocycles. The predicted molar refractivity (Wildman–Crippen MR) is 135 cm³/mol. The number of carbonyl (C=O) groups is 1. The van der Waals surface area contributed by atoms with Crippen LogP contribution < -0.4 is 18.9 Å². The van der Waals surface area contributed by atoms with E-state index in [1.54, 1.807) is 33.5 Å². The summed E-state index contributed by atoms with van der Waals surface area (Å²) < 4.78 is 30.3. The van der Waals surface area contributed by atoms with E-state index in [-0.39, 0.29) is 18.1 Å². The molecule has 0 N–H and O–H groups in total. The third kappa shape index (κ3) is 3.32. The summed E-state index contributed by atoms with van der Waals surface area (Å²) in [6.45, 7) is 0. The van der Waals surface area contributed by atoms with Crippen molar-refractivity contribution in [2.75, 3.05) is 33.5 Å². The number of methoxy groups -OCH3 is 3. The van der Waals surface area contributed by atoms with Crippen LogP contribution in [0.3, 0.4) is 0 Å². The molecule has 0 saturated heterocycles. The second kappa shape index (κ2) is 9.13. The summed E-state index contributed by atoms with van der Waals surface area (Å²) in [5.74, 6) is 2.28. The molecule has 0 unspecified atom stereocenters. The van der Waals surface area contributed by atoms with E-state index in [2.05, 4.69) is 0 Å². The van der Waals surface area contributed by atoms with Crippen LogP contribution in [0.15, 0.2) is 66.7 Å². The Kier molecular flexibility index (Phi) is 6.15. The fourth-order valence-corrected chi connectivity index (χ4v) is 5.88. The van der Waals surface area contributed by atoms with Gasteiger partial charge in [-0.15, -0.1) is 11.8 Å². The number of thioether (sulfide) groups is 1. The highest BCUT2D eigenvalue weighted by molar-refractivity contribution is 7.98. The minimum absolute atomic E-state index is 0.0431. The largest absolute Gasteiger partial charge is 0.497 e. The Labute approximate surface area is 209 Å². The van der Waals surface area contributed by atoms with Crippen molar-refractivity contribution in [2.24, 2.45) is 0 Å². The number of ketones is 1. The van der Waals surface area contributed by atoms with Crippen molar-refractivity contribution in [2.45, 2.75) is 23.5 Å². The molecule has 7 heteroatoms. The summed E-state index contributed by atoms with van der Waals surface area (Å²) in [6.07, 6.45) is 2.21. The number of hydrogen-bond acceptors (Lipinski definition) is 7. The lowest BCUT2D eigenvalue weighted by Crippen LogP contribution is -2.52. The molecule has 182 valence electrons. The first-order chi connectivity index (χ1) is 17.0. The molecule has 5 rings (SSSR count). The summed E-state index contributed by atoms with van der Waals surface area (Å²) in [5.41, 5.74) is -0.122. The minimum atomic E-state index is -1.40. The minimum Gasteiger partial charge on any atom is -0.497 e. The van der Waals surface area contributed by atoms with Crippen molar-refractivity contribution in [1.82, 2.24) is 0 Å². The van der Waals surface area contributed by atoms with Crippen molar-refractivity contribution in [3.63, 3.8) is 0 Å². The Morgan fingerprint density at radius 1 is 0.943 bits per heavy atom. The Morgan fingerprint density at radius 2 is 1.66 bits per heavy atom. The number of carbonyl (C=O) groups excluding carboxylic acids is 1. The van der Waals surface area contributed by atoms with Crippen molar-refractivity contribution < 1.29 is 28.5 Å². The average molecular weight is 493 g/mol. The van der Waals surface area contributed by atoms with Crippen molar-refractivity contribution in [3.8, 4) is 23.0 Å². The first kappa shape index (κ1) is 23.6. The Hall–Kier alpha value is -3.16. The van der Waals surface area contributed by atoms with Gasteiger partial charge in [-0.05, 0) is 24.0 Å². The average Bonchev–Trinajstić information content (AvgIpc) is 3.34. The van der Waals surface area contributed by atoms with Crippen molar-refractivity contribution >= 4 is 17.5 Å². The normalized spacial score (nSPS) is 24.5. The lowest BCUT2D eigenvalue weighted by atomic mass is 9.71. The molecule has 3 aromatic rings. The zero-order chi connectivity index (χ0) is 24.6. The highest BCUT2D eigenvalue weighted by Gasteiger charge is 2.75. The molecule has 0 aromatic heterocycles. The van der Waals surface area contributed by atoms with Gasteiger partial charge in [0, 0.05) is 30.0 Å². The van der Waals surface area contributed by atoms with E-state index in [0.717, 1.165) is 16.9 Å². The van der Waals surface area contributed by atoms with E-state index in [9.17, 15) is 4.79 Å². The Balaban J connectivity index is 1.85. The molecule has 0 amide bonds. The van der Waals surface area contributed by atoms with Gasteiger partial charge in [-0.1, -0.05) is 42.5 Å². The fraction of sp³-hybridized carbons (Fsp3) is 0.321. The van der Waals surface area contributed by atoms with E-state index >= 15 is 0 Å². The number of Topliss-reactive ketones (excluding diaryl/α,β-unsaturated/α-hetero) is 1. The van der Waals surface area contributed by atoms with Crippen LogP contribution in [0.1, 0.15) is 29.0 Å². The predicted octanol–water partition coefficient (Wildman–Crippen LogP) is 5.29. The SMILES string of the molecule is COc1ccc([C@@]23Oc4cc(OC)cc(OC)c4[C@]2(OCSC)C(=O)C[C@H]3c2ccccc2)cc1. The van der Waals surface area contributed by atoms with Gasteiger partial charge in [-0.3, -0.25) is 4.79 Å². The van der Waals surface area contributed by atoms with Crippen molar-refractivity contribution in [1.29, 1.82) is 0 Å². The summed E-state index contributed by atoms with van der Waals surface area (Å²) in [7, 11) is 4.80. The first-order valence-electron chi connectivity index (χ1n) is 11.4. The van der Waals surface area contributed by atoms with Crippen LogP contribution in [0.4, 0.5) is 0 Å². The topological polar surface area (TPSA) is 63.2 Å². The van der Waals surface area contributed by atoms with Crippen LogP contribution >= 0.6 is 11.8 Å². The summed E-state index contributed by atoms with van der Waals surface area (Å²) in [6, 6.07) is 21.3. The zero-order valence-corrected chi connectivity index (χ0v) is 21.0. The first-order valence-corrected chi connectivity index (χ1v) is 12.8. The fourth-order valence-electron chi connectivity index (χ4n) is 5.59. The van der Waals surface area contributed by atoms with E-state index in [1.807, 2.05) is 60.9 Å². The molecular weight excluding hydrogens is 464 g/mol. The maximum absolute atomic E-state index is 14.2. The Morgan fingerprint density at radius 3 is 2.29 bits per heavy atom. The molecule has 1 fully saturated rings. The molecule has 35 heavy (non-hydrogen) atoms. The number of rotatable bonds is 8. The standard InChI is InChI=1S/C28H28O6S/c1-30-20-12-10-19(11-13-20)27-22(18-8-6-5-7-9-18)16-25(29)28(27,33-17-35-4)26-23(32-3)14-21(31-2)15-24(26)34-27/h5-15,22H,16-17H2,1-4H3/t22-,27-,28+/m0/s1. The lowest BCUT2D eigenvalue weighted by Gasteiger charge is -2.41. The van der Waals surface area contributed by atoms with Crippen LogP contribution in [0.5, 0.6) is 23.0 Å². The van der Waals surface area contributed by atoms with Gasteiger partial charge in [0.1, 0.15) is 23.0 Å². The van der Waals surface area contributed by atoms with Crippen LogP contribution in [-0.2, 0) is 20.7 Å². The molecule has 1 saturated carbocycles. The maximum Gasteiger partial charge on any atom is 0.203 e. The quantitative estimate of drug-likeness (QED) is 0.396. The maximum atomic E-state index is 14.2. The molecule has 6 nitrogen and oxygen atoms in total. The van der Waals surface area contributed by atoms with E-state index in [1.165, 1.54) is 11.8 Å². The highest BCUT2D eigenvalue weighted by Crippen LogP contribution is 2.68. The highest BCUT2D eigenvalue weighted by atomic mass is 32.2. The number of fused-ring (bicyclic) bond motifs is 3. The van der Waals surface area contributed by atoms with Crippen LogP contribution in [0.25, 0.3) is 0 Å². The van der Waals surface area contributed by atoms with E-state index in [0.29, 0.717) is 28.8 Å². The molecule has 0 radical (unpaired) electrons. The van der Waals surface area contributed by atoms with Gasteiger partial charge in [0.15, 0.2) is 11.4 Å². The lowest BCUT2D eigenvalue weighted by molar-refractivity contribution is -0.161. The van der Waals surface area contributed by atoms with Gasteiger partial charge in [0.05, 0.1) is 32.8 Å². The number of hydrogen-bond donors (Lipinski definition) is 0. The molecule has 3 aromatic carbocycles. The molecule has 3 atom stereocenters. The van der Waals surface area contributed by atoms with E-state index in [4.69, 9.17) is 23.7 Å². The van der Waals surface area contributed by atoms with Gasteiger partial charge >= 0.3 is 0 Å². The molecule has 1 heterocycles. The molecule has 0 spiro atoms. The van der Waals surface area contributed by atoms with Gasteiger partial charge in [-0.25, -0.2) is 0 Å². The summed E-state index contributed by atoms with van der Waals surface area (Å²) >= 11 is 1.51. The number of ether oxygens (including phenoxy) is 5. The molecule has 1 aliphatic heterocycles. The van der Waals surface area contributed by atoms with Crippen LogP contribution in [0, 0.1) is 0 Å². The second-order valence-electron chi connectivity index (χ2n) is 8.59. The second-order valence-corrected chi connectivity index (χ2v) is 9.40. The smallest absolute Gasteiger partial charge is 0.203 e. The molecule has 0 bridgehead atoms. The molecule has 2 aliphatic rings.